The van der Waals surface area contributed by atoms with Crippen LogP contribution in [0.4, 0.5) is 0 Å². The number of hydrogen-bond donors (Lipinski definition) is 1. The van der Waals surface area contributed by atoms with Crippen molar-refractivity contribution in [2.24, 2.45) is 11.8 Å². The van der Waals surface area contributed by atoms with Gasteiger partial charge < -0.3 is 5.32 Å². The second-order valence-electron chi connectivity index (χ2n) is 6.10. The molecule has 112 valence electrons. The predicted octanol–water partition coefficient (Wildman–Crippen LogP) is 4.27. The molecule has 1 aromatic carbocycles. The van der Waals surface area contributed by atoms with E-state index in [9.17, 15) is 4.79 Å². The molecule has 0 unspecified atom stereocenters. The van der Waals surface area contributed by atoms with E-state index in [0.29, 0.717) is 11.8 Å². The first-order valence-electron chi connectivity index (χ1n) is 7.35. The van der Waals surface area contributed by atoms with Crippen molar-refractivity contribution in [1.29, 1.82) is 0 Å². The fourth-order valence-corrected chi connectivity index (χ4v) is 3.14. The van der Waals surface area contributed by atoms with E-state index in [2.05, 4.69) is 64.2 Å². The zero-order valence-corrected chi connectivity index (χ0v) is 14.3. The molecule has 0 bridgehead atoms. The van der Waals surface area contributed by atoms with Crippen LogP contribution in [0.15, 0.2) is 29.2 Å². The van der Waals surface area contributed by atoms with Gasteiger partial charge in [0.2, 0.25) is 5.91 Å². The van der Waals surface area contributed by atoms with Crippen molar-refractivity contribution in [2.75, 3.05) is 0 Å². The van der Waals surface area contributed by atoms with Gasteiger partial charge in [-0.2, -0.15) is 0 Å². The minimum Gasteiger partial charge on any atom is -0.352 e. The third-order valence-corrected chi connectivity index (χ3v) is 4.56. The number of carbonyl (C=O) groups is 1. The summed E-state index contributed by atoms with van der Waals surface area (Å²) in [7, 11) is 0. The van der Waals surface area contributed by atoms with Gasteiger partial charge >= 0.3 is 0 Å². The lowest BCUT2D eigenvalue weighted by Crippen LogP contribution is -2.45. The molecule has 3 heteroatoms. The zero-order valence-electron chi connectivity index (χ0n) is 13.4. The Hall–Kier alpha value is -0.960. The maximum Gasteiger partial charge on any atom is 0.233 e. The van der Waals surface area contributed by atoms with Crippen LogP contribution in [-0.2, 0) is 4.79 Å². The average molecular weight is 293 g/mol. The summed E-state index contributed by atoms with van der Waals surface area (Å²) in [6, 6.07) is 8.55. The SMILES string of the molecule is Cc1ccc(S[C@@H](C)C(=O)NC(C(C)C)C(C)C)cc1. The van der Waals surface area contributed by atoms with Gasteiger partial charge in [-0.3, -0.25) is 4.79 Å². The normalized spacial score (nSPS) is 13.1. The highest BCUT2D eigenvalue weighted by Crippen LogP contribution is 2.24. The fourth-order valence-electron chi connectivity index (χ4n) is 2.26. The van der Waals surface area contributed by atoms with E-state index in [4.69, 9.17) is 0 Å². The number of thioether (sulfide) groups is 1. The Bertz CT molecular complexity index is 417. The lowest BCUT2D eigenvalue weighted by atomic mass is 9.93. The van der Waals surface area contributed by atoms with Gasteiger partial charge in [0, 0.05) is 10.9 Å². The van der Waals surface area contributed by atoms with Crippen LogP contribution >= 0.6 is 11.8 Å². The summed E-state index contributed by atoms with van der Waals surface area (Å²) in [5.41, 5.74) is 1.24. The zero-order chi connectivity index (χ0) is 15.3. The van der Waals surface area contributed by atoms with E-state index >= 15 is 0 Å². The average Bonchev–Trinajstić information content (AvgIpc) is 2.37. The van der Waals surface area contributed by atoms with Crippen LogP contribution in [0.1, 0.15) is 40.2 Å². The smallest absolute Gasteiger partial charge is 0.233 e. The Labute approximate surface area is 127 Å². The van der Waals surface area contributed by atoms with E-state index in [1.54, 1.807) is 11.8 Å². The summed E-state index contributed by atoms with van der Waals surface area (Å²) < 4.78 is 0. The molecule has 0 fully saturated rings. The topological polar surface area (TPSA) is 29.1 Å². The molecule has 1 rings (SSSR count). The van der Waals surface area contributed by atoms with E-state index in [-0.39, 0.29) is 17.2 Å². The van der Waals surface area contributed by atoms with Gasteiger partial charge in [-0.25, -0.2) is 0 Å². The molecule has 0 spiro atoms. The summed E-state index contributed by atoms with van der Waals surface area (Å²) in [5.74, 6) is 1.04. The first-order chi connectivity index (χ1) is 9.31. The van der Waals surface area contributed by atoms with Gasteiger partial charge in [-0.05, 0) is 37.8 Å². The number of nitrogens with one attached hydrogen (secondary N) is 1. The molecule has 1 aromatic rings. The summed E-state index contributed by atoms with van der Waals surface area (Å²) in [6.07, 6.45) is 0. The van der Waals surface area contributed by atoms with Crippen molar-refractivity contribution >= 4 is 17.7 Å². The molecule has 0 aliphatic rings. The van der Waals surface area contributed by atoms with Crippen molar-refractivity contribution in [3.05, 3.63) is 29.8 Å². The highest BCUT2D eigenvalue weighted by molar-refractivity contribution is 8.00. The van der Waals surface area contributed by atoms with Gasteiger partial charge in [0.1, 0.15) is 0 Å². The van der Waals surface area contributed by atoms with Crippen LogP contribution in [-0.4, -0.2) is 17.2 Å². The summed E-state index contributed by atoms with van der Waals surface area (Å²) in [6.45, 7) is 12.7. The molecular formula is C17H27NOS. The first-order valence-corrected chi connectivity index (χ1v) is 8.23. The van der Waals surface area contributed by atoms with Crippen LogP contribution in [0, 0.1) is 18.8 Å². The maximum atomic E-state index is 12.3. The van der Waals surface area contributed by atoms with Crippen LogP contribution < -0.4 is 5.32 Å². The van der Waals surface area contributed by atoms with Crippen molar-refractivity contribution < 1.29 is 4.79 Å². The molecule has 0 heterocycles. The van der Waals surface area contributed by atoms with Crippen LogP contribution in [0.25, 0.3) is 0 Å². The van der Waals surface area contributed by atoms with Gasteiger partial charge in [0.05, 0.1) is 5.25 Å². The van der Waals surface area contributed by atoms with Gasteiger partial charge in [0.15, 0.2) is 0 Å². The minimum absolute atomic E-state index is 0.0716. The van der Waals surface area contributed by atoms with Crippen LogP contribution in [0.5, 0.6) is 0 Å². The third kappa shape index (κ3) is 5.20. The quantitative estimate of drug-likeness (QED) is 0.793. The fraction of sp³-hybridized carbons (Fsp3) is 0.588. The molecule has 0 radical (unpaired) electrons. The number of hydrogen-bond acceptors (Lipinski definition) is 2. The number of rotatable bonds is 6. The monoisotopic (exact) mass is 293 g/mol. The van der Waals surface area contributed by atoms with E-state index in [1.165, 1.54) is 5.56 Å². The Morgan fingerprint density at radius 1 is 1.00 bits per heavy atom. The second-order valence-corrected chi connectivity index (χ2v) is 7.51. The van der Waals surface area contributed by atoms with Crippen molar-refractivity contribution in [1.82, 2.24) is 5.32 Å². The molecule has 0 saturated carbocycles. The molecule has 0 aliphatic carbocycles. The van der Waals surface area contributed by atoms with Crippen LogP contribution in [0.3, 0.4) is 0 Å². The Kier molecular flexibility index (Phi) is 6.60. The van der Waals surface area contributed by atoms with Gasteiger partial charge in [-0.1, -0.05) is 45.4 Å². The van der Waals surface area contributed by atoms with Crippen molar-refractivity contribution in [3.8, 4) is 0 Å². The third-order valence-electron chi connectivity index (χ3n) is 3.45. The van der Waals surface area contributed by atoms with Crippen molar-refractivity contribution in [2.45, 2.75) is 57.7 Å². The number of carbonyl (C=O) groups excluding carboxylic acids is 1. The van der Waals surface area contributed by atoms with Crippen molar-refractivity contribution in [3.63, 3.8) is 0 Å². The minimum atomic E-state index is -0.0716. The Morgan fingerprint density at radius 2 is 1.50 bits per heavy atom. The first kappa shape index (κ1) is 17.1. The maximum absolute atomic E-state index is 12.3. The molecule has 1 amide bonds. The number of benzene rings is 1. The lowest BCUT2D eigenvalue weighted by molar-refractivity contribution is -0.121. The summed E-state index contributed by atoms with van der Waals surface area (Å²) in [5, 5.41) is 3.12. The molecule has 2 nitrogen and oxygen atoms in total. The van der Waals surface area contributed by atoms with E-state index in [0.717, 1.165) is 4.90 Å². The molecule has 1 atom stereocenters. The van der Waals surface area contributed by atoms with Gasteiger partial charge in [-0.15, -0.1) is 11.8 Å². The molecule has 0 aliphatic heterocycles. The standard InChI is InChI=1S/C17H27NOS/c1-11(2)16(12(3)4)18-17(19)14(6)20-15-9-7-13(5)8-10-15/h7-12,14,16H,1-6H3,(H,18,19)/t14-/m0/s1. The van der Waals surface area contributed by atoms with Gasteiger partial charge in [0.25, 0.3) is 0 Å². The van der Waals surface area contributed by atoms with Crippen LogP contribution in [0.2, 0.25) is 0 Å². The molecular weight excluding hydrogens is 266 g/mol. The number of aryl methyl sites for hydroxylation is 1. The highest BCUT2D eigenvalue weighted by Gasteiger charge is 2.23. The predicted molar refractivity (Wildman–Crippen MR) is 88.1 cm³/mol. The number of amides is 1. The summed E-state index contributed by atoms with van der Waals surface area (Å²) >= 11 is 1.61. The molecule has 20 heavy (non-hydrogen) atoms. The lowest BCUT2D eigenvalue weighted by Gasteiger charge is -2.27. The van der Waals surface area contributed by atoms with E-state index in [1.807, 2.05) is 6.92 Å². The van der Waals surface area contributed by atoms with E-state index < -0.39 is 0 Å². The Balaban J connectivity index is 2.60. The second kappa shape index (κ2) is 7.72. The molecule has 0 aromatic heterocycles. The largest absolute Gasteiger partial charge is 0.352 e. The molecule has 0 saturated heterocycles. The summed E-state index contributed by atoms with van der Waals surface area (Å²) in [4.78, 5) is 13.4. The highest BCUT2D eigenvalue weighted by atomic mass is 32.2. The molecule has 1 N–H and O–H groups in total. The Morgan fingerprint density at radius 3 is 1.95 bits per heavy atom.